The molecule has 3 rings (SSSR count). The summed E-state index contributed by atoms with van der Waals surface area (Å²) in [6.45, 7) is -0.103. The molecule has 1 aromatic heterocycles. The maximum absolute atomic E-state index is 11.9. The lowest BCUT2D eigenvalue weighted by molar-refractivity contribution is -0.118. The van der Waals surface area contributed by atoms with Gasteiger partial charge in [-0.3, -0.25) is 10.1 Å². The molecular weight excluding hydrogens is 378 g/mol. The first-order chi connectivity index (χ1) is 12.2. The number of ether oxygens (including phenoxy) is 1. The third-order valence-electron chi connectivity index (χ3n) is 3.04. The number of hydrogen-bond acceptors (Lipinski definition) is 6. The van der Waals surface area contributed by atoms with Crippen molar-refractivity contribution in [3.63, 3.8) is 0 Å². The number of carbonyl (C=O) groups excluding carboxylic acids is 1. The van der Waals surface area contributed by atoms with E-state index in [1.165, 1.54) is 16.9 Å². The normalized spacial score (nSPS) is 10.4. The van der Waals surface area contributed by atoms with Crippen LogP contribution in [0.2, 0.25) is 5.02 Å². The van der Waals surface area contributed by atoms with Gasteiger partial charge in [-0.1, -0.05) is 65.0 Å². The largest absolute Gasteiger partial charge is 0.484 e. The third kappa shape index (κ3) is 5.74. The van der Waals surface area contributed by atoms with E-state index in [1.54, 1.807) is 36.0 Å². The maximum atomic E-state index is 11.9. The lowest BCUT2D eigenvalue weighted by Gasteiger charge is -2.05. The Morgan fingerprint density at radius 3 is 2.64 bits per heavy atom. The average Bonchev–Trinajstić information content (AvgIpc) is 3.08. The molecule has 25 heavy (non-hydrogen) atoms. The summed E-state index contributed by atoms with van der Waals surface area (Å²) >= 11 is 8.72. The Kier molecular flexibility index (Phi) is 6.27. The maximum Gasteiger partial charge on any atom is 0.264 e. The second-order valence-electron chi connectivity index (χ2n) is 4.94. The number of nitrogens with one attached hydrogen (secondary N) is 1. The predicted molar refractivity (Wildman–Crippen MR) is 101 cm³/mol. The number of amides is 1. The van der Waals surface area contributed by atoms with E-state index >= 15 is 0 Å². The van der Waals surface area contributed by atoms with Gasteiger partial charge in [0.15, 0.2) is 10.9 Å². The van der Waals surface area contributed by atoms with Crippen molar-refractivity contribution in [2.75, 3.05) is 11.9 Å². The second-order valence-corrected chi connectivity index (χ2v) is 7.57. The first kappa shape index (κ1) is 17.7. The fourth-order valence-corrected chi connectivity index (χ4v) is 3.72. The fourth-order valence-electron chi connectivity index (χ4n) is 1.87. The van der Waals surface area contributed by atoms with Crippen LogP contribution in [0.25, 0.3) is 0 Å². The zero-order chi connectivity index (χ0) is 17.5. The van der Waals surface area contributed by atoms with Crippen LogP contribution in [-0.4, -0.2) is 22.7 Å². The molecule has 3 aromatic rings. The molecule has 0 saturated carbocycles. The zero-order valence-electron chi connectivity index (χ0n) is 13.0. The standard InChI is InChI=1S/C17H14ClN3O2S2/c18-13-6-8-14(9-7-13)23-10-15(22)19-16-20-21-17(25-16)24-11-12-4-2-1-3-5-12/h1-9H,10-11H2,(H,19,20,22). The van der Waals surface area contributed by atoms with Crippen molar-refractivity contribution in [2.45, 2.75) is 10.1 Å². The average molecular weight is 392 g/mol. The molecule has 2 aromatic carbocycles. The molecule has 0 fully saturated rings. The summed E-state index contributed by atoms with van der Waals surface area (Å²) < 4.78 is 6.19. The quantitative estimate of drug-likeness (QED) is 0.474. The van der Waals surface area contributed by atoms with Gasteiger partial charge in [0.05, 0.1) is 0 Å². The summed E-state index contributed by atoms with van der Waals surface area (Å²) in [6, 6.07) is 16.9. The SMILES string of the molecule is O=C(COc1ccc(Cl)cc1)Nc1nnc(SCc2ccccc2)s1. The van der Waals surface area contributed by atoms with E-state index in [1.807, 2.05) is 18.2 Å². The van der Waals surface area contributed by atoms with E-state index in [9.17, 15) is 4.79 Å². The minimum Gasteiger partial charge on any atom is -0.484 e. The molecule has 0 saturated heterocycles. The molecule has 1 N–H and O–H groups in total. The van der Waals surface area contributed by atoms with Gasteiger partial charge in [0.2, 0.25) is 5.13 Å². The highest BCUT2D eigenvalue weighted by atomic mass is 35.5. The van der Waals surface area contributed by atoms with Crippen molar-refractivity contribution in [1.82, 2.24) is 10.2 Å². The molecule has 1 heterocycles. The fraction of sp³-hybridized carbons (Fsp3) is 0.118. The molecule has 0 aliphatic rings. The monoisotopic (exact) mass is 391 g/mol. The van der Waals surface area contributed by atoms with E-state index in [2.05, 4.69) is 27.6 Å². The molecule has 1 amide bonds. The molecule has 0 bridgehead atoms. The molecule has 0 spiro atoms. The van der Waals surface area contributed by atoms with Crippen LogP contribution in [0, 0.1) is 0 Å². The number of nitrogens with zero attached hydrogens (tertiary/aromatic N) is 2. The van der Waals surface area contributed by atoms with Crippen LogP contribution < -0.4 is 10.1 Å². The molecule has 8 heteroatoms. The third-order valence-corrected chi connectivity index (χ3v) is 5.34. The summed E-state index contributed by atoms with van der Waals surface area (Å²) in [6.07, 6.45) is 0. The molecule has 128 valence electrons. The van der Waals surface area contributed by atoms with E-state index in [0.29, 0.717) is 15.9 Å². The summed E-state index contributed by atoms with van der Waals surface area (Å²) in [7, 11) is 0. The predicted octanol–water partition coefficient (Wildman–Crippen LogP) is 4.50. The molecule has 5 nitrogen and oxygen atoms in total. The highest BCUT2D eigenvalue weighted by molar-refractivity contribution is 8.00. The minimum atomic E-state index is -0.286. The summed E-state index contributed by atoms with van der Waals surface area (Å²) in [5.41, 5.74) is 1.21. The zero-order valence-corrected chi connectivity index (χ0v) is 15.4. The topological polar surface area (TPSA) is 64.1 Å². The first-order valence-corrected chi connectivity index (χ1v) is 9.55. The molecule has 0 aliphatic heterocycles. The highest BCUT2D eigenvalue weighted by Gasteiger charge is 2.09. The van der Waals surface area contributed by atoms with Gasteiger partial charge in [0, 0.05) is 10.8 Å². The van der Waals surface area contributed by atoms with Gasteiger partial charge in [0.1, 0.15) is 5.75 Å². The van der Waals surface area contributed by atoms with Crippen LogP contribution in [0.5, 0.6) is 5.75 Å². The van der Waals surface area contributed by atoms with Crippen LogP contribution in [0.4, 0.5) is 5.13 Å². The van der Waals surface area contributed by atoms with Crippen LogP contribution in [0.15, 0.2) is 58.9 Å². The van der Waals surface area contributed by atoms with Crippen molar-refractivity contribution in [1.29, 1.82) is 0 Å². The van der Waals surface area contributed by atoms with Crippen molar-refractivity contribution in [3.05, 3.63) is 65.2 Å². The Bertz CT molecular complexity index is 825. The number of aromatic nitrogens is 2. The van der Waals surface area contributed by atoms with Gasteiger partial charge in [-0.05, 0) is 29.8 Å². The Hall–Kier alpha value is -2.09. The van der Waals surface area contributed by atoms with Gasteiger partial charge in [-0.25, -0.2) is 0 Å². The molecule has 0 unspecified atom stereocenters. The number of carbonyl (C=O) groups is 1. The van der Waals surface area contributed by atoms with E-state index < -0.39 is 0 Å². The number of benzene rings is 2. The van der Waals surface area contributed by atoms with Crippen molar-refractivity contribution in [2.24, 2.45) is 0 Å². The van der Waals surface area contributed by atoms with Crippen LogP contribution in [0.1, 0.15) is 5.56 Å². The van der Waals surface area contributed by atoms with Crippen molar-refractivity contribution < 1.29 is 9.53 Å². The number of thioether (sulfide) groups is 1. The lowest BCUT2D eigenvalue weighted by atomic mass is 10.2. The minimum absolute atomic E-state index is 0.103. The highest BCUT2D eigenvalue weighted by Crippen LogP contribution is 2.28. The summed E-state index contributed by atoms with van der Waals surface area (Å²) in [4.78, 5) is 11.9. The van der Waals surface area contributed by atoms with Gasteiger partial charge in [-0.2, -0.15) is 0 Å². The second kappa shape index (κ2) is 8.84. The molecule has 0 aliphatic carbocycles. The molecule has 0 radical (unpaired) electrons. The lowest BCUT2D eigenvalue weighted by Crippen LogP contribution is -2.20. The smallest absolute Gasteiger partial charge is 0.264 e. The summed E-state index contributed by atoms with van der Waals surface area (Å²) in [5, 5.41) is 11.8. The number of halogens is 1. The van der Waals surface area contributed by atoms with E-state index in [4.69, 9.17) is 16.3 Å². The summed E-state index contributed by atoms with van der Waals surface area (Å²) in [5.74, 6) is 1.10. The Morgan fingerprint density at radius 1 is 1.12 bits per heavy atom. The van der Waals surface area contributed by atoms with Crippen LogP contribution in [-0.2, 0) is 10.5 Å². The number of hydrogen-bond donors (Lipinski definition) is 1. The molecule has 0 atom stereocenters. The Balaban J connectivity index is 1.45. The van der Waals surface area contributed by atoms with Crippen LogP contribution >= 0.6 is 34.7 Å². The number of anilines is 1. The number of rotatable bonds is 7. The van der Waals surface area contributed by atoms with Crippen molar-refractivity contribution >= 4 is 45.7 Å². The van der Waals surface area contributed by atoms with Gasteiger partial charge in [0.25, 0.3) is 5.91 Å². The van der Waals surface area contributed by atoms with Gasteiger partial charge < -0.3 is 4.74 Å². The van der Waals surface area contributed by atoms with E-state index in [-0.39, 0.29) is 12.5 Å². The Morgan fingerprint density at radius 2 is 1.88 bits per heavy atom. The molecular formula is C17H14ClN3O2S2. The van der Waals surface area contributed by atoms with E-state index in [0.717, 1.165) is 10.1 Å². The van der Waals surface area contributed by atoms with Crippen LogP contribution in [0.3, 0.4) is 0 Å². The first-order valence-electron chi connectivity index (χ1n) is 7.37. The Labute approximate surface area is 158 Å². The van der Waals surface area contributed by atoms with Crippen molar-refractivity contribution in [3.8, 4) is 5.75 Å². The van der Waals surface area contributed by atoms with Gasteiger partial charge in [-0.15, -0.1) is 10.2 Å². The van der Waals surface area contributed by atoms with Gasteiger partial charge >= 0.3 is 0 Å².